The lowest BCUT2D eigenvalue weighted by molar-refractivity contribution is -0.141. The summed E-state index contributed by atoms with van der Waals surface area (Å²) >= 11 is 2.01. The molecular weight excluding hydrogens is 244 g/mol. The maximum Gasteiger partial charge on any atom is 0.307 e. The second-order valence-corrected chi connectivity index (χ2v) is 7.70. The molecule has 2 nitrogen and oxygen atoms in total. The number of rotatable bonds is 3. The third kappa shape index (κ3) is 3.91. The molecule has 0 radical (unpaired) electrons. The second kappa shape index (κ2) is 6.83. The van der Waals surface area contributed by atoms with Gasteiger partial charge in [0.25, 0.3) is 0 Å². The van der Waals surface area contributed by atoms with Gasteiger partial charge in [0.05, 0.1) is 5.92 Å². The van der Waals surface area contributed by atoms with E-state index in [1.54, 1.807) is 0 Å². The average Bonchev–Trinajstić information content (AvgIpc) is 2.54. The molecule has 2 rings (SSSR count). The van der Waals surface area contributed by atoms with E-state index in [0.717, 1.165) is 30.4 Å². The highest BCUT2D eigenvalue weighted by molar-refractivity contribution is 8.00. The van der Waals surface area contributed by atoms with Gasteiger partial charge in [0.2, 0.25) is 0 Å². The Morgan fingerprint density at radius 3 is 2.56 bits per heavy atom. The van der Waals surface area contributed by atoms with Crippen LogP contribution in [0.2, 0.25) is 0 Å². The number of hydrogen-bond donors (Lipinski definition) is 1. The normalized spacial score (nSPS) is 38.1. The molecule has 4 atom stereocenters. The van der Waals surface area contributed by atoms with Crippen LogP contribution >= 0.6 is 11.8 Å². The Labute approximate surface area is 115 Å². The maximum atomic E-state index is 11.4. The first-order chi connectivity index (χ1) is 8.66. The molecule has 1 N–H and O–H groups in total. The summed E-state index contributed by atoms with van der Waals surface area (Å²) in [6, 6.07) is 0. The zero-order valence-corrected chi connectivity index (χ0v) is 12.3. The van der Waals surface area contributed by atoms with Crippen LogP contribution in [-0.4, -0.2) is 21.6 Å². The van der Waals surface area contributed by atoms with Crippen LogP contribution in [0.3, 0.4) is 0 Å². The summed E-state index contributed by atoms with van der Waals surface area (Å²) in [6.45, 7) is 2.34. The Balaban J connectivity index is 1.93. The number of thioether (sulfide) groups is 1. The van der Waals surface area contributed by atoms with Gasteiger partial charge in [0.15, 0.2) is 0 Å². The molecule has 0 spiro atoms. The summed E-state index contributed by atoms with van der Waals surface area (Å²) in [5.74, 6) is 0.193. The van der Waals surface area contributed by atoms with Crippen LogP contribution in [0.25, 0.3) is 0 Å². The van der Waals surface area contributed by atoms with Gasteiger partial charge in [-0.3, -0.25) is 4.79 Å². The van der Waals surface area contributed by atoms with Crippen LogP contribution in [0.15, 0.2) is 0 Å². The van der Waals surface area contributed by atoms with Crippen LogP contribution in [0.1, 0.15) is 64.7 Å². The van der Waals surface area contributed by atoms with Gasteiger partial charge in [-0.25, -0.2) is 0 Å². The number of hydrogen-bond acceptors (Lipinski definition) is 2. The Hall–Kier alpha value is -0.180. The smallest absolute Gasteiger partial charge is 0.307 e. The van der Waals surface area contributed by atoms with E-state index in [2.05, 4.69) is 6.92 Å². The molecular formula is C15H26O2S. The highest BCUT2D eigenvalue weighted by atomic mass is 32.2. The fourth-order valence-corrected chi connectivity index (χ4v) is 5.45. The molecule has 0 aliphatic heterocycles. The van der Waals surface area contributed by atoms with E-state index in [0.29, 0.717) is 5.25 Å². The molecule has 0 saturated heterocycles. The predicted molar refractivity (Wildman–Crippen MR) is 77.0 cm³/mol. The van der Waals surface area contributed by atoms with Crippen molar-refractivity contribution in [3.05, 3.63) is 0 Å². The molecule has 2 saturated carbocycles. The molecule has 2 aliphatic carbocycles. The van der Waals surface area contributed by atoms with E-state index < -0.39 is 5.97 Å². The molecule has 0 aromatic carbocycles. The zero-order valence-electron chi connectivity index (χ0n) is 11.4. The molecule has 2 aliphatic rings. The van der Waals surface area contributed by atoms with E-state index in [1.165, 1.54) is 38.5 Å². The molecule has 3 heteroatoms. The monoisotopic (exact) mass is 270 g/mol. The molecule has 0 bridgehead atoms. The third-order valence-electron chi connectivity index (χ3n) is 4.53. The number of carboxylic acid groups (broad SMARTS) is 1. The minimum atomic E-state index is -0.557. The van der Waals surface area contributed by atoms with E-state index in [9.17, 15) is 9.90 Å². The van der Waals surface area contributed by atoms with E-state index in [4.69, 9.17) is 0 Å². The topological polar surface area (TPSA) is 37.3 Å². The van der Waals surface area contributed by atoms with Gasteiger partial charge in [-0.05, 0) is 31.6 Å². The number of carboxylic acids is 1. The average molecular weight is 270 g/mol. The fourth-order valence-electron chi connectivity index (χ4n) is 3.47. The standard InChI is InChI=1S/C15H26O2S/c1-11-6-5-7-12(10-11)18-14-9-4-2-3-8-13(14)15(16)17/h11-14H,2-10H2,1H3,(H,16,17). The lowest BCUT2D eigenvalue weighted by atomic mass is 9.90. The first-order valence-electron chi connectivity index (χ1n) is 7.55. The van der Waals surface area contributed by atoms with Crippen LogP contribution in [-0.2, 0) is 4.79 Å². The molecule has 0 amide bonds. The van der Waals surface area contributed by atoms with E-state index in [1.807, 2.05) is 11.8 Å². The Bertz CT molecular complexity index is 280. The highest BCUT2D eigenvalue weighted by Gasteiger charge is 2.32. The molecule has 18 heavy (non-hydrogen) atoms. The Morgan fingerprint density at radius 2 is 1.83 bits per heavy atom. The van der Waals surface area contributed by atoms with Crippen LogP contribution in [0, 0.1) is 11.8 Å². The molecule has 104 valence electrons. The van der Waals surface area contributed by atoms with Crippen molar-refractivity contribution in [1.29, 1.82) is 0 Å². The molecule has 0 aromatic rings. The summed E-state index contributed by atoms with van der Waals surface area (Å²) in [5, 5.41) is 10.5. The molecule has 4 unspecified atom stereocenters. The highest BCUT2D eigenvalue weighted by Crippen LogP contribution is 2.40. The van der Waals surface area contributed by atoms with Gasteiger partial charge in [-0.1, -0.05) is 39.0 Å². The lowest BCUT2D eigenvalue weighted by Gasteiger charge is -2.31. The summed E-state index contributed by atoms with van der Waals surface area (Å²) < 4.78 is 0. The quantitative estimate of drug-likeness (QED) is 0.775. The van der Waals surface area contributed by atoms with Crippen molar-refractivity contribution in [1.82, 2.24) is 0 Å². The van der Waals surface area contributed by atoms with Gasteiger partial charge >= 0.3 is 5.97 Å². The van der Waals surface area contributed by atoms with Crippen LogP contribution < -0.4 is 0 Å². The second-order valence-electron chi connectivity index (χ2n) is 6.15. The fraction of sp³-hybridized carbons (Fsp3) is 0.933. The van der Waals surface area contributed by atoms with Crippen molar-refractivity contribution in [2.45, 2.75) is 75.2 Å². The van der Waals surface area contributed by atoms with Crippen molar-refractivity contribution in [3.63, 3.8) is 0 Å². The van der Waals surface area contributed by atoms with Gasteiger partial charge in [0, 0.05) is 10.5 Å². The van der Waals surface area contributed by atoms with Crippen molar-refractivity contribution in [2.75, 3.05) is 0 Å². The summed E-state index contributed by atoms with van der Waals surface area (Å²) in [6.07, 6.45) is 10.9. The summed E-state index contributed by atoms with van der Waals surface area (Å²) in [4.78, 5) is 11.4. The summed E-state index contributed by atoms with van der Waals surface area (Å²) in [7, 11) is 0. The van der Waals surface area contributed by atoms with Gasteiger partial charge < -0.3 is 5.11 Å². The Morgan fingerprint density at radius 1 is 1.06 bits per heavy atom. The largest absolute Gasteiger partial charge is 0.481 e. The maximum absolute atomic E-state index is 11.4. The van der Waals surface area contributed by atoms with Gasteiger partial charge in [-0.15, -0.1) is 0 Å². The zero-order chi connectivity index (χ0) is 13.0. The van der Waals surface area contributed by atoms with E-state index >= 15 is 0 Å². The summed E-state index contributed by atoms with van der Waals surface area (Å²) in [5.41, 5.74) is 0. The minimum absolute atomic E-state index is 0.0882. The van der Waals surface area contributed by atoms with Gasteiger partial charge in [-0.2, -0.15) is 11.8 Å². The van der Waals surface area contributed by atoms with Crippen molar-refractivity contribution >= 4 is 17.7 Å². The lowest BCUT2D eigenvalue weighted by Crippen LogP contribution is -2.28. The van der Waals surface area contributed by atoms with Gasteiger partial charge in [0.1, 0.15) is 0 Å². The van der Waals surface area contributed by atoms with Crippen molar-refractivity contribution in [3.8, 4) is 0 Å². The van der Waals surface area contributed by atoms with Crippen LogP contribution in [0.5, 0.6) is 0 Å². The van der Waals surface area contributed by atoms with Crippen molar-refractivity contribution < 1.29 is 9.90 Å². The predicted octanol–water partition coefficient (Wildman–Crippen LogP) is 4.33. The first-order valence-corrected chi connectivity index (χ1v) is 8.49. The minimum Gasteiger partial charge on any atom is -0.481 e. The van der Waals surface area contributed by atoms with Crippen LogP contribution in [0.4, 0.5) is 0 Å². The number of aliphatic carboxylic acids is 1. The number of carbonyl (C=O) groups is 1. The molecule has 0 aromatic heterocycles. The third-order valence-corrected chi connectivity index (χ3v) is 6.25. The van der Waals surface area contributed by atoms with E-state index in [-0.39, 0.29) is 5.92 Å². The molecule has 0 heterocycles. The van der Waals surface area contributed by atoms with Crippen molar-refractivity contribution in [2.24, 2.45) is 11.8 Å². The SMILES string of the molecule is CC1CCCC(SC2CCCCCC2C(=O)O)C1. The Kier molecular flexibility index (Phi) is 5.40. The first kappa shape index (κ1) is 14.2. The molecule has 2 fully saturated rings.